The van der Waals surface area contributed by atoms with Crippen LogP contribution in [-0.4, -0.2) is 22.9 Å². The van der Waals surface area contributed by atoms with Gasteiger partial charge in [0, 0.05) is 24.5 Å². The maximum atomic E-state index is 15.2. The molecule has 1 aliphatic rings. The largest absolute Gasteiger partial charge is 0.399 e. The first-order chi connectivity index (χ1) is 16.8. The van der Waals surface area contributed by atoms with E-state index in [1.807, 2.05) is 83.8 Å². The monoisotopic (exact) mass is 468 g/mol. The van der Waals surface area contributed by atoms with Gasteiger partial charge < -0.3 is 11.5 Å². The topological polar surface area (TPSA) is 83.8 Å². The zero-order valence-corrected chi connectivity index (χ0v) is 20.1. The van der Waals surface area contributed by atoms with E-state index in [0.29, 0.717) is 23.6 Å². The lowest BCUT2D eigenvalue weighted by atomic mass is 10.0. The Morgan fingerprint density at radius 3 is 2.49 bits per heavy atom. The van der Waals surface area contributed by atoms with Gasteiger partial charge in [0.2, 0.25) is 0 Å². The quantitative estimate of drug-likeness (QED) is 0.369. The van der Waals surface area contributed by atoms with E-state index >= 15 is 4.39 Å². The van der Waals surface area contributed by atoms with Gasteiger partial charge in [0.25, 0.3) is 0 Å². The van der Waals surface area contributed by atoms with Crippen molar-refractivity contribution in [3.63, 3.8) is 0 Å². The number of nitrogens with two attached hydrogens (primary N) is 2. The zero-order valence-electron chi connectivity index (χ0n) is 20.1. The molecule has 5 rings (SSSR count). The number of halogens is 1. The van der Waals surface area contributed by atoms with E-state index in [-0.39, 0.29) is 11.7 Å². The predicted molar refractivity (Wildman–Crippen MR) is 142 cm³/mol. The fraction of sp³-hybridized carbons (Fsp3) is 0.214. The molecule has 0 aliphatic carbocycles. The Bertz CT molecular complexity index is 1420. The van der Waals surface area contributed by atoms with Crippen LogP contribution in [0.3, 0.4) is 0 Å². The molecule has 0 radical (unpaired) electrons. The van der Waals surface area contributed by atoms with Crippen LogP contribution in [0.15, 0.2) is 77.8 Å². The molecule has 1 aliphatic heterocycles. The standard InChI is InChI=1S/C28H29FN6/c1-17(2)19-9-12-24(29)25(15-19)35-28(18-7-5-4-6-8-18)33-26(34(35)3)16-22-14-20-13-21(30)10-11-23(20)27(31)32-22/h4-15,17,28H,16,30H2,1-3H3,(H2,31,32). The first-order valence-electron chi connectivity index (χ1n) is 11.7. The number of nitrogen functional groups attached to an aromatic ring is 2. The minimum atomic E-state index is -0.401. The van der Waals surface area contributed by atoms with Gasteiger partial charge in [-0.3, -0.25) is 10.0 Å². The van der Waals surface area contributed by atoms with Crippen molar-refractivity contribution in [1.29, 1.82) is 0 Å². The molecule has 3 aromatic carbocycles. The molecule has 0 saturated carbocycles. The highest BCUT2D eigenvalue weighted by Gasteiger charge is 2.34. The number of benzene rings is 3. The van der Waals surface area contributed by atoms with Gasteiger partial charge >= 0.3 is 0 Å². The van der Waals surface area contributed by atoms with Crippen molar-refractivity contribution in [2.45, 2.75) is 32.4 Å². The molecule has 1 unspecified atom stereocenters. The van der Waals surface area contributed by atoms with E-state index < -0.39 is 6.17 Å². The third-order valence-electron chi connectivity index (χ3n) is 6.46. The second-order valence-electron chi connectivity index (χ2n) is 9.22. The number of amidine groups is 1. The summed E-state index contributed by atoms with van der Waals surface area (Å²) in [6.45, 7) is 4.20. The fourth-order valence-corrected chi connectivity index (χ4v) is 4.54. The molecule has 2 heterocycles. The van der Waals surface area contributed by atoms with Crippen LogP contribution in [0.4, 0.5) is 21.6 Å². The summed E-state index contributed by atoms with van der Waals surface area (Å²) in [5.41, 5.74) is 16.2. The van der Waals surface area contributed by atoms with E-state index in [2.05, 4.69) is 18.8 Å². The number of aromatic nitrogens is 1. The maximum absolute atomic E-state index is 15.2. The molecule has 0 spiro atoms. The molecule has 0 saturated heterocycles. The van der Waals surface area contributed by atoms with Crippen molar-refractivity contribution < 1.29 is 4.39 Å². The summed E-state index contributed by atoms with van der Waals surface area (Å²) < 4.78 is 15.2. The Hall–Kier alpha value is -4.13. The van der Waals surface area contributed by atoms with Crippen LogP contribution < -0.4 is 16.5 Å². The number of likely N-dealkylation sites (N-methyl/N-ethyl adjacent to an activating group) is 1. The summed E-state index contributed by atoms with van der Waals surface area (Å²) in [6.07, 6.45) is 0.0399. The van der Waals surface area contributed by atoms with Gasteiger partial charge in [-0.05, 0) is 58.8 Å². The Balaban J connectivity index is 1.57. The zero-order chi connectivity index (χ0) is 24.7. The molecule has 178 valence electrons. The van der Waals surface area contributed by atoms with Crippen LogP contribution in [0.25, 0.3) is 10.8 Å². The molecule has 1 aromatic heterocycles. The van der Waals surface area contributed by atoms with E-state index in [4.69, 9.17) is 16.5 Å². The molecule has 7 heteroatoms. The van der Waals surface area contributed by atoms with Gasteiger partial charge in [0.1, 0.15) is 17.5 Å². The van der Waals surface area contributed by atoms with Crippen LogP contribution in [0, 0.1) is 5.82 Å². The molecule has 1 atom stereocenters. The Kier molecular flexibility index (Phi) is 5.76. The van der Waals surface area contributed by atoms with Crippen molar-refractivity contribution in [2.75, 3.05) is 23.5 Å². The summed E-state index contributed by atoms with van der Waals surface area (Å²) >= 11 is 0. The number of hydrogen-bond acceptors (Lipinski definition) is 6. The number of fused-ring (bicyclic) bond motifs is 1. The number of aliphatic imine (C=N–C) groups is 1. The van der Waals surface area contributed by atoms with E-state index in [9.17, 15) is 0 Å². The molecule has 0 amide bonds. The van der Waals surface area contributed by atoms with Gasteiger partial charge in [0.15, 0.2) is 6.17 Å². The van der Waals surface area contributed by atoms with Gasteiger partial charge in [-0.1, -0.05) is 50.2 Å². The molecular weight excluding hydrogens is 439 g/mol. The fourth-order valence-electron chi connectivity index (χ4n) is 4.54. The Labute approximate surface area is 204 Å². The minimum absolute atomic E-state index is 0.273. The van der Waals surface area contributed by atoms with E-state index in [0.717, 1.165) is 33.4 Å². The summed E-state index contributed by atoms with van der Waals surface area (Å²) in [7, 11) is 1.91. The lowest BCUT2D eigenvalue weighted by Gasteiger charge is -2.33. The van der Waals surface area contributed by atoms with Crippen LogP contribution in [0.5, 0.6) is 0 Å². The van der Waals surface area contributed by atoms with Crippen molar-refractivity contribution in [3.05, 3.63) is 95.4 Å². The average Bonchev–Trinajstić information content (AvgIpc) is 3.15. The lowest BCUT2D eigenvalue weighted by Crippen LogP contribution is -2.41. The molecule has 4 aromatic rings. The van der Waals surface area contributed by atoms with E-state index in [1.165, 1.54) is 6.07 Å². The molecule has 0 fully saturated rings. The molecule has 4 N–H and O–H groups in total. The average molecular weight is 469 g/mol. The smallest absolute Gasteiger partial charge is 0.167 e. The molecule has 6 nitrogen and oxygen atoms in total. The molecule has 35 heavy (non-hydrogen) atoms. The van der Waals surface area contributed by atoms with Gasteiger partial charge in [-0.15, -0.1) is 0 Å². The summed E-state index contributed by atoms with van der Waals surface area (Å²) in [6, 6.07) is 22.8. The highest BCUT2D eigenvalue weighted by atomic mass is 19.1. The van der Waals surface area contributed by atoms with Crippen molar-refractivity contribution in [3.8, 4) is 0 Å². The maximum Gasteiger partial charge on any atom is 0.167 e. The lowest BCUT2D eigenvalue weighted by molar-refractivity contribution is 0.431. The van der Waals surface area contributed by atoms with Gasteiger partial charge in [-0.25, -0.2) is 14.4 Å². The van der Waals surface area contributed by atoms with Crippen molar-refractivity contribution in [2.24, 2.45) is 4.99 Å². The van der Waals surface area contributed by atoms with Gasteiger partial charge in [0.05, 0.1) is 11.4 Å². The second kappa shape index (κ2) is 8.91. The number of anilines is 3. The van der Waals surface area contributed by atoms with Crippen molar-refractivity contribution >= 4 is 33.8 Å². The number of nitrogens with zero attached hydrogens (tertiary/aromatic N) is 4. The number of hydrogen-bond donors (Lipinski definition) is 2. The number of pyridine rings is 1. The normalized spacial score (nSPS) is 15.8. The van der Waals surface area contributed by atoms with Crippen LogP contribution >= 0.6 is 0 Å². The Morgan fingerprint density at radius 2 is 1.74 bits per heavy atom. The second-order valence-corrected chi connectivity index (χ2v) is 9.22. The van der Waals surface area contributed by atoms with Crippen LogP contribution in [0.2, 0.25) is 0 Å². The van der Waals surface area contributed by atoms with Gasteiger partial charge in [-0.2, -0.15) is 0 Å². The summed E-state index contributed by atoms with van der Waals surface area (Å²) in [5.74, 6) is 1.20. The third-order valence-corrected chi connectivity index (χ3v) is 6.46. The summed E-state index contributed by atoms with van der Waals surface area (Å²) in [4.78, 5) is 9.65. The first-order valence-corrected chi connectivity index (χ1v) is 11.7. The van der Waals surface area contributed by atoms with E-state index in [1.54, 1.807) is 0 Å². The van der Waals surface area contributed by atoms with Crippen molar-refractivity contribution in [1.82, 2.24) is 9.99 Å². The van der Waals surface area contributed by atoms with Crippen LogP contribution in [-0.2, 0) is 6.42 Å². The SMILES string of the molecule is CC(C)c1ccc(F)c(N2C(c3ccccc3)N=C(Cc3cc4cc(N)ccc4c(N)n3)N2C)c1. The minimum Gasteiger partial charge on any atom is -0.399 e. The highest BCUT2D eigenvalue weighted by molar-refractivity contribution is 5.94. The van der Waals surface area contributed by atoms with Crippen LogP contribution in [0.1, 0.15) is 42.8 Å². The number of hydrazine groups is 1. The Morgan fingerprint density at radius 1 is 0.971 bits per heavy atom. The highest BCUT2D eigenvalue weighted by Crippen LogP contribution is 2.37. The number of rotatable bonds is 5. The first kappa shape index (κ1) is 22.7. The third kappa shape index (κ3) is 4.25. The molecular formula is C28H29FN6. The summed E-state index contributed by atoms with van der Waals surface area (Å²) in [5, 5.41) is 5.62. The predicted octanol–water partition coefficient (Wildman–Crippen LogP) is 5.67. The molecule has 0 bridgehead atoms.